The summed E-state index contributed by atoms with van der Waals surface area (Å²) in [5.74, 6) is 0.717. The number of hydrogen-bond donors (Lipinski definition) is 2. The number of nitro groups is 1. The fourth-order valence-corrected chi connectivity index (χ4v) is 3.41. The number of hydrogen-bond acceptors (Lipinski definition) is 5. The number of aryl methyl sites for hydroxylation is 1. The molecular formula is C20H25N4O4+. The van der Waals surface area contributed by atoms with Gasteiger partial charge in [0.1, 0.15) is 5.75 Å². The zero-order chi connectivity index (χ0) is 20.1. The first-order valence-corrected chi connectivity index (χ1v) is 9.24. The van der Waals surface area contributed by atoms with Crippen molar-refractivity contribution >= 4 is 23.0 Å². The number of nitrogens with zero attached hydrogens (tertiary/aromatic N) is 2. The fourth-order valence-electron chi connectivity index (χ4n) is 3.41. The number of benzene rings is 2. The zero-order valence-electron chi connectivity index (χ0n) is 16.1. The van der Waals surface area contributed by atoms with Crippen LogP contribution in [-0.4, -0.2) is 50.7 Å². The highest BCUT2D eigenvalue weighted by molar-refractivity contribution is 5.92. The van der Waals surface area contributed by atoms with Crippen molar-refractivity contribution in [1.82, 2.24) is 0 Å². The lowest BCUT2D eigenvalue weighted by molar-refractivity contribution is -0.892. The molecule has 1 fully saturated rings. The number of carbonyl (C=O) groups excluding carboxylic acids is 1. The van der Waals surface area contributed by atoms with E-state index in [0.29, 0.717) is 12.2 Å². The number of quaternary nitrogens is 1. The summed E-state index contributed by atoms with van der Waals surface area (Å²) in [7, 11) is 1.67. The van der Waals surface area contributed by atoms with Gasteiger partial charge in [-0.1, -0.05) is 18.2 Å². The van der Waals surface area contributed by atoms with Crippen LogP contribution in [0, 0.1) is 17.0 Å². The molecule has 28 heavy (non-hydrogen) atoms. The molecule has 0 aliphatic carbocycles. The second-order valence-electron chi connectivity index (χ2n) is 6.89. The number of non-ortho nitro benzene ring substituents is 1. The first kappa shape index (κ1) is 19.6. The van der Waals surface area contributed by atoms with Crippen molar-refractivity contribution in [2.24, 2.45) is 0 Å². The average Bonchev–Trinajstić information content (AvgIpc) is 2.70. The van der Waals surface area contributed by atoms with Gasteiger partial charge in [-0.25, -0.2) is 0 Å². The van der Waals surface area contributed by atoms with E-state index in [-0.39, 0.29) is 11.6 Å². The summed E-state index contributed by atoms with van der Waals surface area (Å²) in [6.45, 7) is 5.48. The molecule has 1 amide bonds. The van der Waals surface area contributed by atoms with Crippen molar-refractivity contribution in [3.8, 4) is 5.75 Å². The second-order valence-corrected chi connectivity index (χ2v) is 6.89. The molecule has 0 bridgehead atoms. The van der Waals surface area contributed by atoms with Crippen LogP contribution in [0.5, 0.6) is 5.75 Å². The number of nitro benzene ring substituents is 1. The normalized spacial score (nSPS) is 14.6. The van der Waals surface area contributed by atoms with E-state index < -0.39 is 4.92 Å². The van der Waals surface area contributed by atoms with Crippen LogP contribution >= 0.6 is 0 Å². The Labute approximate surface area is 163 Å². The largest absolute Gasteiger partial charge is 0.495 e. The van der Waals surface area contributed by atoms with Gasteiger partial charge in [-0.3, -0.25) is 14.9 Å². The fraction of sp³-hybridized carbons (Fsp3) is 0.350. The summed E-state index contributed by atoms with van der Waals surface area (Å²) in [4.78, 5) is 26.4. The topological polar surface area (TPSA) is 89.2 Å². The van der Waals surface area contributed by atoms with E-state index in [9.17, 15) is 14.9 Å². The number of para-hydroxylation sites is 2. The van der Waals surface area contributed by atoms with Gasteiger partial charge >= 0.3 is 0 Å². The van der Waals surface area contributed by atoms with Crippen molar-refractivity contribution in [2.75, 3.05) is 50.1 Å². The number of nitrogens with one attached hydrogen (secondary N) is 2. The minimum absolute atomic E-state index is 0.0290. The van der Waals surface area contributed by atoms with Gasteiger partial charge in [0.25, 0.3) is 11.6 Å². The van der Waals surface area contributed by atoms with Crippen LogP contribution < -0.4 is 19.9 Å². The van der Waals surface area contributed by atoms with Crippen LogP contribution in [0.2, 0.25) is 0 Å². The lowest BCUT2D eigenvalue weighted by Crippen LogP contribution is -3.15. The molecular weight excluding hydrogens is 360 g/mol. The molecule has 8 heteroatoms. The maximum atomic E-state index is 12.4. The molecule has 0 atom stereocenters. The lowest BCUT2D eigenvalue weighted by atomic mass is 10.2. The van der Waals surface area contributed by atoms with Gasteiger partial charge in [0.2, 0.25) is 0 Å². The molecule has 8 nitrogen and oxygen atoms in total. The number of anilines is 2. The summed E-state index contributed by atoms with van der Waals surface area (Å²) in [5.41, 5.74) is 2.33. The Balaban J connectivity index is 1.56. The minimum atomic E-state index is -0.461. The predicted molar refractivity (Wildman–Crippen MR) is 107 cm³/mol. The first-order chi connectivity index (χ1) is 13.5. The SMILES string of the molecule is COc1ccccc1N1CC[NH+](CC(=O)Nc2cc([N+](=O)[O-])ccc2C)CC1. The van der Waals surface area contributed by atoms with Gasteiger partial charge in [-0.05, 0) is 24.6 Å². The molecule has 0 radical (unpaired) electrons. The van der Waals surface area contributed by atoms with Gasteiger partial charge in [-0.2, -0.15) is 0 Å². The number of amides is 1. The predicted octanol–water partition coefficient (Wildman–Crippen LogP) is 1.26. The van der Waals surface area contributed by atoms with Crippen molar-refractivity contribution in [3.05, 3.63) is 58.1 Å². The number of carbonyl (C=O) groups is 1. The van der Waals surface area contributed by atoms with E-state index in [0.717, 1.165) is 43.2 Å². The molecule has 148 valence electrons. The highest BCUT2D eigenvalue weighted by atomic mass is 16.6. The number of methoxy groups -OCH3 is 1. The summed E-state index contributed by atoms with van der Waals surface area (Å²) in [6, 6.07) is 12.4. The number of piperazine rings is 1. The van der Waals surface area contributed by atoms with Gasteiger partial charge < -0.3 is 19.9 Å². The van der Waals surface area contributed by atoms with Crippen molar-refractivity contribution in [3.63, 3.8) is 0 Å². The lowest BCUT2D eigenvalue weighted by Gasteiger charge is -2.34. The van der Waals surface area contributed by atoms with Crippen LogP contribution in [0.1, 0.15) is 5.56 Å². The van der Waals surface area contributed by atoms with Crippen molar-refractivity contribution < 1.29 is 19.4 Å². The third-order valence-corrected chi connectivity index (χ3v) is 5.01. The Hall–Kier alpha value is -3.13. The summed E-state index contributed by atoms with van der Waals surface area (Å²) >= 11 is 0. The Morgan fingerprint density at radius 3 is 2.64 bits per heavy atom. The van der Waals surface area contributed by atoms with E-state index in [1.54, 1.807) is 13.2 Å². The zero-order valence-corrected chi connectivity index (χ0v) is 16.1. The van der Waals surface area contributed by atoms with E-state index in [1.807, 2.05) is 31.2 Å². The molecule has 1 heterocycles. The van der Waals surface area contributed by atoms with Gasteiger partial charge in [-0.15, -0.1) is 0 Å². The molecule has 2 aromatic rings. The molecule has 0 spiro atoms. The van der Waals surface area contributed by atoms with Crippen molar-refractivity contribution in [1.29, 1.82) is 0 Å². The Morgan fingerprint density at radius 2 is 1.96 bits per heavy atom. The maximum absolute atomic E-state index is 12.4. The highest BCUT2D eigenvalue weighted by Crippen LogP contribution is 2.27. The molecule has 1 saturated heterocycles. The molecule has 3 rings (SSSR count). The molecule has 2 N–H and O–H groups in total. The number of rotatable bonds is 6. The van der Waals surface area contributed by atoms with Gasteiger partial charge in [0, 0.05) is 12.1 Å². The van der Waals surface area contributed by atoms with Gasteiger partial charge in [0.15, 0.2) is 6.54 Å². The summed E-state index contributed by atoms with van der Waals surface area (Å²) in [6.07, 6.45) is 0. The molecule has 1 aliphatic rings. The smallest absolute Gasteiger partial charge is 0.279 e. The second kappa shape index (κ2) is 8.71. The standard InChI is InChI=1S/C20H24N4O4/c1-15-7-8-16(24(26)27)13-17(15)21-20(25)14-22-9-11-23(12-10-22)18-5-3-4-6-19(18)28-2/h3-8,13H,9-12,14H2,1-2H3,(H,21,25)/p+1. The van der Waals surface area contributed by atoms with Crippen molar-refractivity contribution in [2.45, 2.75) is 6.92 Å². The third kappa shape index (κ3) is 4.58. The van der Waals surface area contributed by atoms with Crippen LogP contribution in [0.15, 0.2) is 42.5 Å². The molecule has 0 unspecified atom stereocenters. The van der Waals surface area contributed by atoms with E-state index in [1.165, 1.54) is 17.0 Å². The minimum Gasteiger partial charge on any atom is -0.495 e. The molecule has 0 saturated carbocycles. The molecule has 1 aliphatic heterocycles. The third-order valence-electron chi connectivity index (χ3n) is 5.01. The first-order valence-electron chi connectivity index (χ1n) is 9.24. The highest BCUT2D eigenvalue weighted by Gasteiger charge is 2.24. The van der Waals surface area contributed by atoms with Gasteiger partial charge in [0.05, 0.1) is 49.6 Å². The van der Waals surface area contributed by atoms with Crippen LogP contribution in [0.3, 0.4) is 0 Å². The molecule has 0 aromatic heterocycles. The van der Waals surface area contributed by atoms with Crippen LogP contribution in [0.4, 0.5) is 17.1 Å². The van der Waals surface area contributed by atoms with Crippen LogP contribution in [-0.2, 0) is 4.79 Å². The van der Waals surface area contributed by atoms with Crippen LogP contribution in [0.25, 0.3) is 0 Å². The van der Waals surface area contributed by atoms with E-state index in [2.05, 4.69) is 10.2 Å². The monoisotopic (exact) mass is 385 g/mol. The summed E-state index contributed by atoms with van der Waals surface area (Å²) in [5, 5.41) is 13.8. The maximum Gasteiger partial charge on any atom is 0.279 e. The Bertz CT molecular complexity index is 863. The van der Waals surface area contributed by atoms with E-state index >= 15 is 0 Å². The number of ether oxygens (including phenoxy) is 1. The Kier molecular flexibility index (Phi) is 6.10. The quantitative estimate of drug-likeness (QED) is 0.577. The average molecular weight is 385 g/mol. The van der Waals surface area contributed by atoms with E-state index in [4.69, 9.17) is 4.74 Å². The Morgan fingerprint density at radius 1 is 1.25 bits per heavy atom. The molecule has 2 aromatic carbocycles. The summed E-state index contributed by atoms with van der Waals surface area (Å²) < 4.78 is 5.43.